The van der Waals surface area contributed by atoms with Crippen LogP contribution in [0.5, 0.6) is 5.75 Å². The van der Waals surface area contributed by atoms with Crippen LogP contribution in [0.3, 0.4) is 0 Å². The van der Waals surface area contributed by atoms with Gasteiger partial charge in [0.15, 0.2) is 6.61 Å². The van der Waals surface area contributed by atoms with E-state index in [1.54, 1.807) is 91.0 Å². The molecule has 4 aromatic carbocycles. The van der Waals surface area contributed by atoms with Gasteiger partial charge in [0.2, 0.25) is 0 Å². The molecule has 40 heavy (non-hydrogen) atoms. The van der Waals surface area contributed by atoms with E-state index >= 15 is 0 Å². The van der Waals surface area contributed by atoms with Gasteiger partial charge in [-0.15, -0.1) is 0 Å². The third-order valence-electron chi connectivity index (χ3n) is 6.28. The maximum absolute atomic E-state index is 13.6. The van der Waals surface area contributed by atoms with Crippen LogP contribution in [0.25, 0.3) is 6.08 Å². The number of rotatable bonds is 7. The minimum absolute atomic E-state index is 0.229. The fraction of sp³-hybridized carbons (Fsp3) is 0.0625. The van der Waals surface area contributed by atoms with E-state index < -0.39 is 17.8 Å². The number of ether oxygens (including phenoxy) is 1. The summed E-state index contributed by atoms with van der Waals surface area (Å²) in [7, 11) is 0. The molecule has 1 N–H and O–H groups in total. The molecule has 1 saturated heterocycles. The quantitative estimate of drug-likeness (QED) is 0.248. The lowest BCUT2D eigenvalue weighted by Gasteiger charge is -2.34. The average Bonchev–Trinajstić information content (AvgIpc) is 2.97. The van der Waals surface area contributed by atoms with Crippen molar-refractivity contribution in [2.75, 3.05) is 21.7 Å². The van der Waals surface area contributed by atoms with E-state index in [0.717, 1.165) is 15.4 Å². The minimum atomic E-state index is -0.776. The number of imide groups is 2. The molecule has 8 heteroatoms. The second kappa shape index (κ2) is 11.5. The molecule has 0 radical (unpaired) electrons. The Balaban J connectivity index is 1.47. The molecule has 1 fully saturated rings. The Kier molecular flexibility index (Phi) is 7.50. The van der Waals surface area contributed by atoms with Gasteiger partial charge in [-0.25, -0.2) is 14.6 Å². The van der Waals surface area contributed by atoms with Gasteiger partial charge in [0, 0.05) is 11.3 Å². The van der Waals surface area contributed by atoms with Crippen molar-refractivity contribution in [2.24, 2.45) is 0 Å². The zero-order valence-corrected chi connectivity index (χ0v) is 21.6. The van der Waals surface area contributed by atoms with Crippen LogP contribution >= 0.6 is 0 Å². The van der Waals surface area contributed by atoms with E-state index in [1.807, 2.05) is 25.1 Å². The SMILES string of the molecule is Cc1ccccc1NC(=O)COc1ccccc1C=C1C(=O)N(c2ccccc2)C(=O)N(c2ccccc2)C1=O. The predicted octanol–water partition coefficient (Wildman–Crippen LogP) is 5.60. The van der Waals surface area contributed by atoms with Crippen LogP contribution in [0.4, 0.5) is 21.9 Å². The Morgan fingerprint density at radius 3 is 1.85 bits per heavy atom. The van der Waals surface area contributed by atoms with E-state index in [-0.39, 0.29) is 18.1 Å². The average molecular weight is 532 g/mol. The summed E-state index contributed by atoms with van der Waals surface area (Å²) >= 11 is 0. The Bertz CT molecular complexity index is 1550. The standard InChI is InChI=1S/C32H25N3O5/c1-22-12-8-10-18-27(22)33-29(36)21-40-28-19-11-9-13-23(28)20-26-30(37)34(24-14-4-2-5-15-24)32(39)35(31(26)38)25-16-6-3-7-17-25/h2-20H,21H2,1H3,(H,33,36). The Morgan fingerprint density at radius 2 is 1.25 bits per heavy atom. The largest absolute Gasteiger partial charge is 0.483 e. The molecular formula is C32H25N3O5. The molecule has 0 aromatic heterocycles. The van der Waals surface area contributed by atoms with Crippen LogP contribution in [0.1, 0.15) is 11.1 Å². The van der Waals surface area contributed by atoms with Crippen molar-refractivity contribution < 1.29 is 23.9 Å². The van der Waals surface area contributed by atoms with Crippen molar-refractivity contribution in [2.45, 2.75) is 6.92 Å². The number of para-hydroxylation sites is 4. The van der Waals surface area contributed by atoms with E-state index in [0.29, 0.717) is 28.4 Å². The molecule has 5 rings (SSSR count). The van der Waals surface area contributed by atoms with Crippen LogP contribution in [0.15, 0.2) is 115 Å². The van der Waals surface area contributed by atoms with Gasteiger partial charge >= 0.3 is 6.03 Å². The topological polar surface area (TPSA) is 96.0 Å². The van der Waals surface area contributed by atoms with Gasteiger partial charge in [0.05, 0.1) is 11.4 Å². The first kappa shape index (κ1) is 26.1. The zero-order valence-electron chi connectivity index (χ0n) is 21.6. The van der Waals surface area contributed by atoms with Crippen molar-refractivity contribution in [1.82, 2.24) is 0 Å². The number of anilines is 3. The first-order valence-electron chi connectivity index (χ1n) is 12.6. The minimum Gasteiger partial charge on any atom is -0.483 e. The highest BCUT2D eigenvalue weighted by atomic mass is 16.5. The monoisotopic (exact) mass is 531 g/mol. The van der Waals surface area contributed by atoms with Gasteiger partial charge in [-0.2, -0.15) is 0 Å². The van der Waals surface area contributed by atoms with E-state index in [1.165, 1.54) is 6.08 Å². The number of hydrogen-bond donors (Lipinski definition) is 1. The van der Waals surface area contributed by atoms with Gasteiger partial charge in [-0.1, -0.05) is 72.8 Å². The number of urea groups is 1. The van der Waals surface area contributed by atoms with Crippen LogP contribution < -0.4 is 19.9 Å². The van der Waals surface area contributed by atoms with Gasteiger partial charge in [-0.05, 0) is 55.0 Å². The Labute approximate surface area is 231 Å². The van der Waals surface area contributed by atoms with Gasteiger partial charge in [0.1, 0.15) is 11.3 Å². The number of benzene rings is 4. The van der Waals surface area contributed by atoms with Gasteiger partial charge in [-0.3, -0.25) is 14.4 Å². The highest BCUT2D eigenvalue weighted by Gasteiger charge is 2.43. The molecular weight excluding hydrogens is 506 g/mol. The molecule has 198 valence electrons. The van der Waals surface area contributed by atoms with E-state index in [9.17, 15) is 19.2 Å². The van der Waals surface area contributed by atoms with Gasteiger partial charge < -0.3 is 10.1 Å². The summed E-state index contributed by atoms with van der Waals surface area (Å²) in [5, 5.41) is 2.81. The number of barbiturate groups is 1. The zero-order chi connectivity index (χ0) is 28.1. The molecule has 0 aliphatic carbocycles. The fourth-order valence-corrected chi connectivity index (χ4v) is 4.27. The maximum atomic E-state index is 13.6. The summed E-state index contributed by atoms with van der Waals surface area (Å²) in [6, 6.07) is 30.2. The number of nitrogens with zero attached hydrogens (tertiary/aromatic N) is 2. The lowest BCUT2D eigenvalue weighted by atomic mass is 10.0. The van der Waals surface area contributed by atoms with Crippen molar-refractivity contribution in [3.63, 3.8) is 0 Å². The van der Waals surface area contributed by atoms with Crippen LogP contribution in [-0.2, 0) is 14.4 Å². The number of carbonyl (C=O) groups is 4. The number of carbonyl (C=O) groups excluding carboxylic acids is 4. The lowest BCUT2D eigenvalue weighted by molar-refractivity contribution is -0.121. The molecule has 8 nitrogen and oxygen atoms in total. The normalized spacial score (nSPS) is 13.3. The van der Waals surface area contributed by atoms with E-state index in [4.69, 9.17) is 4.74 Å². The van der Waals surface area contributed by atoms with Crippen molar-refractivity contribution >= 4 is 46.9 Å². The first-order chi connectivity index (χ1) is 19.4. The molecule has 4 aromatic rings. The fourth-order valence-electron chi connectivity index (χ4n) is 4.27. The molecule has 1 heterocycles. The molecule has 5 amide bonds. The summed E-state index contributed by atoms with van der Waals surface area (Å²) < 4.78 is 5.79. The number of aryl methyl sites for hydroxylation is 1. The second-order valence-corrected chi connectivity index (χ2v) is 8.98. The van der Waals surface area contributed by atoms with Crippen molar-refractivity contribution in [1.29, 1.82) is 0 Å². The third-order valence-corrected chi connectivity index (χ3v) is 6.28. The molecule has 0 saturated carbocycles. The summed E-state index contributed by atoms with van der Waals surface area (Å²) in [5.74, 6) is -1.59. The van der Waals surface area contributed by atoms with Gasteiger partial charge in [0.25, 0.3) is 17.7 Å². The number of amides is 5. The highest BCUT2D eigenvalue weighted by Crippen LogP contribution is 2.31. The lowest BCUT2D eigenvalue weighted by Crippen LogP contribution is -2.57. The molecule has 1 aliphatic rings. The Hall–Kier alpha value is -5.50. The second-order valence-electron chi connectivity index (χ2n) is 8.98. The summed E-state index contributed by atoms with van der Waals surface area (Å²) in [5.41, 5.74) is 2.42. The van der Waals surface area contributed by atoms with Crippen LogP contribution in [-0.4, -0.2) is 30.4 Å². The summed E-state index contributed by atoms with van der Waals surface area (Å²) in [6.45, 7) is 1.60. The maximum Gasteiger partial charge on any atom is 0.343 e. The molecule has 0 bridgehead atoms. The summed E-state index contributed by atoms with van der Waals surface area (Å²) in [4.78, 5) is 55.2. The molecule has 1 aliphatic heterocycles. The molecule has 0 spiro atoms. The first-order valence-corrected chi connectivity index (χ1v) is 12.6. The van der Waals surface area contributed by atoms with E-state index in [2.05, 4.69) is 5.32 Å². The van der Waals surface area contributed by atoms with Crippen LogP contribution in [0, 0.1) is 6.92 Å². The number of nitrogens with one attached hydrogen (secondary N) is 1. The third kappa shape index (κ3) is 5.37. The smallest absolute Gasteiger partial charge is 0.343 e. The molecule has 0 atom stereocenters. The van der Waals surface area contributed by atoms with Crippen molar-refractivity contribution in [3.8, 4) is 5.75 Å². The van der Waals surface area contributed by atoms with Crippen LogP contribution in [0.2, 0.25) is 0 Å². The summed E-state index contributed by atoms with van der Waals surface area (Å²) in [6.07, 6.45) is 1.39. The molecule has 0 unspecified atom stereocenters. The van der Waals surface area contributed by atoms with Crippen molar-refractivity contribution in [3.05, 3.63) is 126 Å². The Morgan fingerprint density at radius 1 is 0.725 bits per heavy atom. The highest BCUT2D eigenvalue weighted by molar-refractivity contribution is 6.46. The predicted molar refractivity (Wildman–Crippen MR) is 153 cm³/mol. The number of hydrogen-bond acceptors (Lipinski definition) is 5.